The predicted molar refractivity (Wildman–Crippen MR) is 101 cm³/mol. The Morgan fingerprint density at radius 1 is 1.24 bits per heavy atom. The van der Waals surface area contributed by atoms with Crippen molar-refractivity contribution in [3.05, 3.63) is 35.9 Å². The molecule has 4 rings (SSSR count). The number of nitrogens with zero attached hydrogens (tertiary/aromatic N) is 4. The second-order valence-corrected chi connectivity index (χ2v) is 7.90. The number of imidazole rings is 1. The maximum absolute atomic E-state index is 6.26. The molecule has 0 unspecified atom stereocenters. The molecule has 2 atom stereocenters. The molecule has 0 aliphatic heterocycles. The fraction of sp³-hybridized carbons (Fsp3) is 0.353. The predicted octanol–water partition coefficient (Wildman–Crippen LogP) is 4.11. The lowest BCUT2D eigenvalue weighted by atomic mass is 10.1. The summed E-state index contributed by atoms with van der Waals surface area (Å²) in [6, 6.07) is 2.32. The number of nitrogens with two attached hydrogens (primary N) is 1. The highest BCUT2D eigenvalue weighted by molar-refractivity contribution is 7.99. The monoisotopic (exact) mass is 374 g/mol. The van der Waals surface area contributed by atoms with Crippen LogP contribution in [0.2, 0.25) is 5.02 Å². The van der Waals surface area contributed by atoms with Gasteiger partial charge in [0.05, 0.1) is 9.92 Å². The quantitative estimate of drug-likeness (QED) is 0.715. The molecule has 1 fully saturated rings. The number of nitrogen functional groups attached to an aromatic ring is 1. The fourth-order valence-electron chi connectivity index (χ4n) is 3.23. The number of anilines is 2. The van der Waals surface area contributed by atoms with Crippen molar-refractivity contribution in [3.63, 3.8) is 0 Å². The third-order valence-corrected chi connectivity index (χ3v) is 6.10. The van der Waals surface area contributed by atoms with Crippen LogP contribution in [0.1, 0.15) is 26.2 Å². The number of nitrogens with one attached hydrogen (secondary N) is 1. The van der Waals surface area contributed by atoms with Crippen LogP contribution < -0.4 is 11.1 Å². The number of aromatic nitrogens is 4. The zero-order chi connectivity index (χ0) is 17.4. The minimum Gasteiger partial charge on any atom is -0.382 e. The molecule has 1 aliphatic rings. The van der Waals surface area contributed by atoms with Crippen LogP contribution in [0.5, 0.6) is 0 Å². The van der Waals surface area contributed by atoms with Crippen LogP contribution in [0, 0.1) is 5.92 Å². The second-order valence-electron chi connectivity index (χ2n) is 6.44. The standard InChI is InChI=1S/C17H19ClN6S/c1-10-2-3-11(8-10)23-17-22-9-13(16-21-6-7-24(16)17)25-12-4-5-20-15(19)14(12)18/h4-7,9-11H,2-3,8H2,1H3,(H2,19,20)(H,22,23)/t10-,11+/m1/s1. The zero-order valence-electron chi connectivity index (χ0n) is 13.8. The van der Waals surface area contributed by atoms with Gasteiger partial charge >= 0.3 is 0 Å². The van der Waals surface area contributed by atoms with Crippen molar-refractivity contribution in [1.29, 1.82) is 0 Å². The van der Waals surface area contributed by atoms with E-state index < -0.39 is 0 Å². The van der Waals surface area contributed by atoms with Crippen molar-refractivity contribution >= 4 is 40.8 Å². The first-order valence-electron chi connectivity index (χ1n) is 8.28. The van der Waals surface area contributed by atoms with E-state index in [0.717, 1.165) is 27.3 Å². The molecule has 1 saturated carbocycles. The summed E-state index contributed by atoms with van der Waals surface area (Å²) in [6.07, 6.45) is 10.8. The van der Waals surface area contributed by atoms with Gasteiger partial charge in [-0.1, -0.05) is 30.3 Å². The molecule has 0 saturated heterocycles. The molecule has 0 aromatic carbocycles. The fourth-order valence-corrected chi connectivity index (χ4v) is 4.37. The van der Waals surface area contributed by atoms with Crippen molar-refractivity contribution in [3.8, 4) is 0 Å². The Bertz CT molecular complexity index is 911. The molecule has 3 heterocycles. The molecule has 3 aromatic rings. The molecule has 3 aromatic heterocycles. The number of pyridine rings is 1. The normalized spacial score (nSPS) is 20.2. The lowest BCUT2D eigenvalue weighted by Crippen LogP contribution is -2.18. The van der Waals surface area contributed by atoms with Gasteiger partial charge in [0.1, 0.15) is 5.82 Å². The smallest absolute Gasteiger partial charge is 0.208 e. The highest BCUT2D eigenvalue weighted by atomic mass is 35.5. The van der Waals surface area contributed by atoms with Crippen LogP contribution in [0.25, 0.3) is 5.65 Å². The molecule has 130 valence electrons. The van der Waals surface area contributed by atoms with Crippen LogP contribution in [0.15, 0.2) is 40.6 Å². The first-order chi connectivity index (χ1) is 12.1. The SMILES string of the molecule is C[C@@H]1CC[C@H](Nc2ncc(Sc3ccnc(N)c3Cl)c3nccn23)C1. The van der Waals surface area contributed by atoms with Gasteiger partial charge in [-0.25, -0.2) is 15.0 Å². The molecule has 1 aliphatic carbocycles. The van der Waals surface area contributed by atoms with E-state index in [1.54, 1.807) is 12.4 Å². The minimum atomic E-state index is 0.327. The minimum absolute atomic E-state index is 0.327. The van der Waals surface area contributed by atoms with Crippen molar-refractivity contribution in [1.82, 2.24) is 19.4 Å². The van der Waals surface area contributed by atoms with Crippen LogP contribution in [0.3, 0.4) is 0 Å². The summed E-state index contributed by atoms with van der Waals surface area (Å²) in [7, 11) is 0. The van der Waals surface area contributed by atoms with E-state index in [1.165, 1.54) is 31.0 Å². The van der Waals surface area contributed by atoms with Crippen molar-refractivity contribution in [2.75, 3.05) is 11.1 Å². The van der Waals surface area contributed by atoms with Crippen molar-refractivity contribution < 1.29 is 0 Å². The largest absolute Gasteiger partial charge is 0.382 e. The zero-order valence-corrected chi connectivity index (χ0v) is 15.4. The molecule has 3 N–H and O–H groups in total. The summed E-state index contributed by atoms with van der Waals surface area (Å²) < 4.78 is 1.99. The summed E-state index contributed by atoms with van der Waals surface area (Å²) in [5.74, 6) is 1.92. The van der Waals surface area contributed by atoms with Crippen LogP contribution in [-0.4, -0.2) is 25.4 Å². The highest BCUT2D eigenvalue weighted by Crippen LogP contribution is 2.37. The topological polar surface area (TPSA) is 81.1 Å². The van der Waals surface area contributed by atoms with E-state index in [9.17, 15) is 0 Å². The number of hydrogen-bond donors (Lipinski definition) is 2. The summed E-state index contributed by atoms with van der Waals surface area (Å²) in [5.41, 5.74) is 6.64. The molecule has 25 heavy (non-hydrogen) atoms. The molecule has 6 nitrogen and oxygen atoms in total. The van der Waals surface area contributed by atoms with Crippen molar-refractivity contribution in [2.24, 2.45) is 5.92 Å². The van der Waals surface area contributed by atoms with Gasteiger partial charge in [0.2, 0.25) is 5.95 Å². The maximum atomic E-state index is 6.26. The Kier molecular flexibility index (Phi) is 4.43. The van der Waals surface area contributed by atoms with Gasteiger partial charge in [0, 0.05) is 35.7 Å². The Hall–Kier alpha value is -1.99. The molecular weight excluding hydrogens is 356 g/mol. The Balaban J connectivity index is 1.64. The van der Waals surface area contributed by atoms with Gasteiger partial charge in [0.15, 0.2) is 5.65 Å². The average Bonchev–Trinajstić information content (AvgIpc) is 3.23. The van der Waals surface area contributed by atoms with Gasteiger partial charge < -0.3 is 11.1 Å². The van der Waals surface area contributed by atoms with Crippen LogP contribution in [0.4, 0.5) is 11.8 Å². The van der Waals surface area contributed by atoms with Crippen LogP contribution >= 0.6 is 23.4 Å². The molecule has 8 heteroatoms. The Morgan fingerprint density at radius 3 is 2.92 bits per heavy atom. The van der Waals surface area contributed by atoms with E-state index in [0.29, 0.717) is 16.9 Å². The average molecular weight is 375 g/mol. The van der Waals surface area contributed by atoms with Gasteiger partial charge in [-0.05, 0) is 31.2 Å². The van der Waals surface area contributed by atoms with E-state index in [4.69, 9.17) is 17.3 Å². The van der Waals surface area contributed by atoms with Crippen LogP contribution in [-0.2, 0) is 0 Å². The number of rotatable bonds is 4. The first-order valence-corrected chi connectivity index (χ1v) is 9.47. The van der Waals surface area contributed by atoms with Gasteiger partial charge in [0.25, 0.3) is 0 Å². The number of hydrogen-bond acceptors (Lipinski definition) is 6. The summed E-state index contributed by atoms with van der Waals surface area (Å²) >= 11 is 7.75. The molecule has 0 amide bonds. The van der Waals surface area contributed by atoms with E-state index in [1.807, 2.05) is 22.9 Å². The van der Waals surface area contributed by atoms with E-state index >= 15 is 0 Å². The second kappa shape index (κ2) is 6.72. The summed E-state index contributed by atoms with van der Waals surface area (Å²) in [5, 5.41) is 4.02. The number of halogens is 1. The number of fused-ring (bicyclic) bond motifs is 1. The lowest BCUT2D eigenvalue weighted by Gasteiger charge is -2.15. The summed E-state index contributed by atoms with van der Waals surface area (Å²) in [6.45, 7) is 2.30. The lowest BCUT2D eigenvalue weighted by molar-refractivity contribution is 0.601. The van der Waals surface area contributed by atoms with E-state index in [-0.39, 0.29) is 0 Å². The van der Waals surface area contributed by atoms with Gasteiger partial charge in [-0.3, -0.25) is 4.40 Å². The molecule has 0 radical (unpaired) electrons. The Labute approximate surface area is 155 Å². The highest BCUT2D eigenvalue weighted by Gasteiger charge is 2.22. The van der Waals surface area contributed by atoms with Crippen molar-refractivity contribution in [2.45, 2.75) is 42.0 Å². The third kappa shape index (κ3) is 3.26. The van der Waals surface area contributed by atoms with E-state index in [2.05, 4.69) is 27.2 Å². The molecule has 0 bridgehead atoms. The van der Waals surface area contributed by atoms with Gasteiger partial charge in [-0.2, -0.15) is 0 Å². The maximum Gasteiger partial charge on any atom is 0.208 e. The third-order valence-electron chi connectivity index (χ3n) is 4.52. The Morgan fingerprint density at radius 2 is 2.12 bits per heavy atom. The molecular formula is C17H19ClN6S. The first kappa shape index (κ1) is 16.5. The molecule has 0 spiro atoms. The van der Waals surface area contributed by atoms with Gasteiger partial charge in [-0.15, -0.1) is 0 Å². The summed E-state index contributed by atoms with van der Waals surface area (Å²) in [4.78, 5) is 14.9.